The predicted octanol–water partition coefficient (Wildman–Crippen LogP) is 2.37. The molecule has 6 heteroatoms. The molecule has 1 N–H and O–H groups in total. The van der Waals surface area contributed by atoms with Crippen molar-refractivity contribution in [1.29, 1.82) is 0 Å². The predicted molar refractivity (Wildman–Crippen MR) is 85.3 cm³/mol. The molecule has 2 aromatic heterocycles. The van der Waals surface area contributed by atoms with Gasteiger partial charge in [-0.1, -0.05) is 0 Å². The third-order valence-electron chi connectivity index (χ3n) is 4.48. The molecule has 0 atom stereocenters. The summed E-state index contributed by atoms with van der Waals surface area (Å²) in [6.45, 7) is 2.84. The fourth-order valence-electron chi connectivity index (χ4n) is 3.38. The first-order valence-electron chi connectivity index (χ1n) is 7.66. The van der Waals surface area contributed by atoms with E-state index in [2.05, 4.69) is 21.4 Å². The van der Waals surface area contributed by atoms with Gasteiger partial charge in [-0.15, -0.1) is 11.3 Å². The van der Waals surface area contributed by atoms with Crippen molar-refractivity contribution in [3.8, 4) is 16.5 Å². The van der Waals surface area contributed by atoms with E-state index in [9.17, 15) is 0 Å². The average molecular weight is 317 g/mol. The minimum atomic E-state index is -0.100. The molecule has 1 spiro atoms. The number of ether oxygens (including phenoxy) is 2. The summed E-state index contributed by atoms with van der Waals surface area (Å²) >= 11 is 1.79. The largest absolute Gasteiger partial charge is 0.479 e. The molecule has 4 heterocycles. The fraction of sp³-hybridized carbons (Fsp3) is 0.500. The van der Waals surface area contributed by atoms with Gasteiger partial charge in [0.15, 0.2) is 0 Å². The number of nitrogens with one attached hydrogen (secondary N) is 1. The number of thiophene rings is 1. The molecular weight excluding hydrogens is 298 g/mol. The van der Waals surface area contributed by atoms with Crippen LogP contribution >= 0.6 is 11.3 Å². The first kappa shape index (κ1) is 14.1. The molecule has 22 heavy (non-hydrogen) atoms. The maximum atomic E-state index is 6.24. The monoisotopic (exact) mass is 317 g/mol. The highest BCUT2D eigenvalue weighted by Gasteiger charge is 2.41. The van der Waals surface area contributed by atoms with Gasteiger partial charge >= 0.3 is 0 Å². The van der Waals surface area contributed by atoms with Crippen molar-refractivity contribution in [2.75, 3.05) is 26.8 Å². The van der Waals surface area contributed by atoms with Crippen LogP contribution in [0.4, 0.5) is 0 Å². The van der Waals surface area contributed by atoms with Gasteiger partial charge in [0.2, 0.25) is 5.88 Å². The van der Waals surface area contributed by atoms with Crippen molar-refractivity contribution in [2.45, 2.75) is 24.9 Å². The van der Waals surface area contributed by atoms with E-state index in [0.717, 1.165) is 49.5 Å². The summed E-state index contributed by atoms with van der Waals surface area (Å²) in [5.74, 6) is 0.585. The molecule has 0 radical (unpaired) electrons. The molecule has 2 aromatic rings. The Morgan fingerprint density at radius 3 is 2.91 bits per heavy atom. The summed E-state index contributed by atoms with van der Waals surface area (Å²) < 4.78 is 11.6. The molecule has 0 aliphatic carbocycles. The van der Waals surface area contributed by atoms with Gasteiger partial charge in [-0.25, -0.2) is 9.97 Å². The van der Waals surface area contributed by atoms with Gasteiger partial charge in [-0.05, 0) is 44.0 Å². The number of piperidine rings is 1. The standard InChI is InChI=1S/C16H19N3O2S/c1-20-15-13(18-7-8-19-15)12-10-11-2-9-21-16(14(11)22-12)3-5-17-6-4-16/h7-8,10,17H,2-6,9H2,1H3. The third kappa shape index (κ3) is 2.22. The van der Waals surface area contributed by atoms with Gasteiger partial charge in [-0.2, -0.15) is 0 Å². The van der Waals surface area contributed by atoms with Crippen molar-refractivity contribution < 1.29 is 9.47 Å². The Bertz CT molecular complexity index is 680. The minimum absolute atomic E-state index is 0.100. The molecule has 0 bridgehead atoms. The first-order valence-corrected chi connectivity index (χ1v) is 8.47. The number of nitrogens with zero attached hydrogens (tertiary/aromatic N) is 2. The summed E-state index contributed by atoms with van der Waals surface area (Å²) in [7, 11) is 1.64. The molecule has 0 amide bonds. The number of methoxy groups -OCH3 is 1. The maximum absolute atomic E-state index is 6.24. The van der Waals surface area contributed by atoms with Crippen LogP contribution in [0.3, 0.4) is 0 Å². The molecule has 2 aliphatic heterocycles. The second-order valence-corrected chi connectivity index (χ2v) is 6.77. The molecule has 5 nitrogen and oxygen atoms in total. The summed E-state index contributed by atoms with van der Waals surface area (Å²) in [5, 5.41) is 3.43. The lowest BCUT2D eigenvalue weighted by atomic mass is 9.86. The van der Waals surface area contributed by atoms with E-state index in [0.29, 0.717) is 5.88 Å². The summed E-state index contributed by atoms with van der Waals surface area (Å²) in [6.07, 6.45) is 6.43. The lowest BCUT2D eigenvalue weighted by Gasteiger charge is -2.40. The van der Waals surface area contributed by atoms with Crippen LogP contribution in [-0.4, -0.2) is 36.8 Å². The summed E-state index contributed by atoms with van der Waals surface area (Å²) in [6, 6.07) is 2.25. The Kier molecular flexibility index (Phi) is 3.60. The van der Waals surface area contributed by atoms with E-state index >= 15 is 0 Å². The van der Waals surface area contributed by atoms with Crippen LogP contribution < -0.4 is 10.1 Å². The highest BCUT2D eigenvalue weighted by molar-refractivity contribution is 7.15. The van der Waals surface area contributed by atoms with Gasteiger partial charge in [0.05, 0.1) is 18.6 Å². The number of fused-ring (bicyclic) bond motifs is 2. The van der Waals surface area contributed by atoms with E-state index in [1.165, 1.54) is 10.4 Å². The summed E-state index contributed by atoms with van der Waals surface area (Å²) in [4.78, 5) is 11.2. The van der Waals surface area contributed by atoms with Gasteiger partial charge in [-0.3, -0.25) is 0 Å². The van der Waals surface area contributed by atoms with Crippen LogP contribution in [0.2, 0.25) is 0 Å². The van der Waals surface area contributed by atoms with Crippen LogP contribution in [0.25, 0.3) is 10.6 Å². The van der Waals surface area contributed by atoms with Crippen LogP contribution in [0, 0.1) is 0 Å². The average Bonchev–Trinajstić information content (AvgIpc) is 3.01. The Labute approximate surface area is 133 Å². The maximum Gasteiger partial charge on any atom is 0.241 e. The second-order valence-electron chi connectivity index (χ2n) is 5.72. The smallest absolute Gasteiger partial charge is 0.241 e. The van der Waals surface area contributed by atoms with Crippen molar-refractivity contribution >= 4 is 11.3 Å². The van der Waals surface area contributed by atoms with Crippen LogP contribution in [-0.2, 0) is 16.8 Å². The van der Waals surface area contributed by atoms with Crippen LogP contribution in [0.1, 0.15) is 23.3 Å². The molecule has 2 aliphatic rings. The van der Waals surface area contributed by atoms with E-state index in [4.69, 9.17) is 9.47 Å². The number of rotatable bonds is 2. The molecule has 1 saturated heterocycles. The molecule has 1 fully saturated rings. The highest BCUT2D eigenvalue weighted by Crippen LogP contribution is 2.47. The van der Waals surface area contributed by atoms with Crippen molar-refractivity contribution in [3.63, 3.8) is 0 Å². The zero-order valence-electron chi connectivity index (χ0n) is 12.6. The zero-order chi connectivity index (χ0) is 15.0. The lowest BCUT2D eigenvalue weighted by Crippen LogP contribution is -2.43. The number of hydrogen-bond acceptors (Lipinski definition) is 6. The first-order chi connectivity index (χ1) is 10.8. The zero-order valence-corrected chi connectivity index (χ0v) is 13.4. The van der Waals surface area contributed by atoms with Crippen molar-refractivity contribution in [2.24, 2.45) is 0 Å². The molecule has 4 rings (SSSR count). The highest BCUT2D eigenvalue weighted by atomic mass is 32.1. The quantitative estimate of drug-likeness (QED) is 0.921. The Hall–Kier alpha value is -1.50. The van der Waals surface area contributed by atoms with E-state index < -0.39 is 0 Å². The second kappa shape index (κ2) is 5.61. The van der Waals surface area contributed by atoms with E-state index in [-0.39, 0.29) is 5.60 Å². The molecular formula is C16H19N3O2S. The Morgan fingerprint density at radius 2 is 2.09 bits per heavy atom. The van der Waals surface area contributed by atoms with E-state index in [1.807, 2.05) is 0 Å². The number of hydrogen-bond donors (Lipinski definition) is 1. The molecule has 0 unspecified atom stereocenters. The van der Waals surface area contributed by atoms with Gasteiger partial charge in [0.1, 0.15) is 11.3 Å². The van der Waals surface area contributed by atoms with Crippen molar-refractivity contribution in [3.05, 3.63) is 28.9 Å². The number of aromatic nitrogens is 2. The normalized spacial score (nSPS) is 19.9. The lowest BCUT2D eigenvalue weighted by molar-refractivity contribution is -0.0771. The van der Waals surface area contributed by atoms with Crippen LogP contribution in [0.15, 0.2) is 18.5 Å². The SMILES string of the molecule is COc1nccnc1-c1cc2c(s1)C1(CCNCC1)OCC2. The van der Waals surface area contributed by atoms with E-state index in [1.54, 1.807) is 30.8 Å². The van der Waals surface area contributed by atoms with Gasteiger partial charge in [0, 0.05) is 17.3 Å². The topological polar surface area (TPSA) is 56.3 Å². The molecule has 0 aromatic carbocycles. The fourth-order valence-corrected chi connectivity index (χ4v) is 4.78. The minimum Gasteiger partial charge on any atom is -0.479 e. The Morgan fingerprint density at radius 1 is 1.27 bits per heavy atom. The summed E-state index contributed by atoms with van der Waals surface area (Å²) in [5.41, 5.74) is 2.13. The van der Waals surface area contributed by atoms with Crippen molar-refractivity contribution in [1.82, 2.24) is 15.3 Å². The molecule has 116 valence electrons. The van der Waals surface area contributed by atoms with Gasteiger partial charge < -0.3 is 14.8 Å². The Balaban J connectivity index is 1.79. The molecule has 0 saturated carbocycles. The van der Waals surface area contributed by atoms with Crippen LogP contribution in [0.5, 0.6) is 5.88 Å². The van der Waals surface area contributed by atoms with Gasteiger partial charge in [0.25, 0.3) is 0 Å². The third-order valence-corrected chi connectivity index (χ3v) is 5.84.